The molecule has 150 valence electrons. The van der Waals surface area contributed by atoms with Crippen LogP contribution in [-0.4, -0.2) is 50.3 Å². The number of piperidine rings is 1. The maximum Gasteiger partial charge on any atom is 0.387 e. The zero-order chi connectivity index (χ0) is 18.0. The van der Waals surface area contributed by atoms with Gasteiger partial charge in [0, 0.05) is 18.4 Å². The number of rotatable bonds is 5. The molecule has 1 aromatic rings. The Hall–Kier alpha value is -1.64. The molecule has 3 heterocycles. The van der Waals surface area contributed by atoms with Crippen molar-refractivity contribution < 1.29 is 27.8 Å². The van der Waals surface area contributed by atoms with E-state index in [2.05, 4.69) is 15.2 Å². The number of ether oxygens (including phenoxy) is 3. The molecule has 2 saturated heterocycles. The lowest BCUT2D eigenvalue weighted by atomic mass is 9.93. The molecule has 27 heavy (non-hydrogen) atoms. The van der Waals surface area contributed by atoms with Gasteiger partial charge < -0.3 is 24.4 Å². The van der Waals surface area contributed by atoms with Crippen molar-refractivity contribution >= 4 is 18.1 Å². The summed E-state index contributed by atoms with van der Waals surface area (Å²) in [5.41, 5.74) is 1.18. The van der Waals surface area contributed by atoms with Gasteiger partial charge >= 0.3 is 6.61 Å². The Bertz CT molecular complexity index is 677. The highest BCUT2D eigenvalue weighted by atomic mass is 35.5. The minimum Gasteiger partial charge on any atom is -0.486 e. The van der Waals surface area contributed by atoms with Gasteiger partial charge in [0.25, 0.3) is 0 Å². The van der Waals surface area contributed by atoms with Crippen LogP contribution in [0.15, 0.2) is 23.4 Å². The normalized spacial score (nSPS) is 25.2. The second-order valence-electron chi connectivity index (χ2n) is 6.90. The van der Waals surface area contributed by atoms with Crippen molar-refractivity contribution in [2.45, 2.75) is 44.0 Å². The topological polar surface area (TPSA) is 61.3 Å². The largest absolute Gasteiger partial charge is 0.486 e. The summed E-state index contributed by atoms with van der Waals surface area (Å²) in [6.07, 6.45) is 3.05. The first kappa shape index (κ1) is 20.1. The number of benzene rings is 1. The number of hydrogen-bond donors (Lipinski definition) is 1. The number of oxime groups is 1. The summed E-state index contributed by atoms with van der Waals surface area (Å²) in [6, 6.07) is 4.94. The van der Waals surface area contributed by atoms with Gasteiger partial charge in [-0.3, -0.25) is 0 Å². The number of hydrogen-bond acceptors (Lipinski definition) is 6. The average Bonchev–Trinajstić information content (AvgIpc) is 3.27. The van der Waals surface area contributed by atoms with E-state index < -0.39 is 6.61 Å². The quantitative estimate of drug-likeness (QED) is 0.817. The van der Waals surface area contributed by atoms with Crippen LogP contribution in [0.1, 0.15) is 31.2 Å². The molecule has 0 aromatic heterocycles. The molecule has 9 heteroatoms. The van der Waals surface area contributed by atoms with E-state index in [1.165, 1.54) is 6.07 Å². The van der Waals surface area contributed by atoms with Gasteiger partial charge in [-0.25, -0.2) is 0 Å². The summed E-state index contributed by atoms with van der Waals surface area (Å²) in [5.74, 6) is 0.363. The molecule has 0 saturated carbocycles. The molecule has 1 spiro atoms. The van der Waals surface area contributed by atoms with Gasteiger partial charge in [0.05, 0.1) is 18.9 Å². The molecular formula is C18H23ClF2N2O4. The predicted molar refractivity (Wildman–Crippen MR) is 97.2 cm³/mol. The molecule has 1 atom stereocenters. The molecule has 2 fully saturated rings. The van der Waals surface area contributed by atoms with E-state index >= 15 is 0 Å². The number of halogens is 3. The molecule has 0 aliphatic carbocycles. The zero-order valence-electron chi connectivity index (χ0n) is 14.8. The standard InChI is InChI=1S/C18H22F2N2O4.ClH/c19-17(20)25-15-2-1-12(9-16(15)24-13-3-6-21-7-4-13)14-10-18(26-22-14)5-8-23-11-18;/h1-2,9,13,17,21H,3-8,10-11H2;1H. The van der Waals surface area contributed by atoms with Crippen molar-refractivity contribution in [2.24, 2.45) is 5.16 Å². The Labute approximate surface area is 162 Å². The average molecular weight is 405 g/mol. The van der Waals surface area contributed by atoms with Crippen LogP contribution in [0, 0.1) is 0 Å². The van der Waals surface area contributed by atoms with Crippen LogP contribution in [-0.2, 0) is 9.57 Å². The minimum atomic E-state index is -2.90. The van der Waals surface area contributed by atoms with Crippen LogP contribution in [0.2, 0.25) is 0 Å². The highest BCUT2D eigenvalue weighted by molar-refractivity contribution is 6.02. The van der Waals surface area contributed by atoms with Gasteiger partial charge in [-0.1, -0.05) is 5.16 Å². The van der Waals surface area contributed by atoms with E-state index in [1.54, 1.807) is 12.1 Å². The van der Waals surface area contributed by atoms with Crippen LogP contribution in [0.4, 0.5) is 8.78 Å². The zero-order valence-corrected chi connectivity index (χ0v) is 15.6. The van der Waals surface area contributed by atoms with Crippen molar-refractivity contribution in [2.75, 3.05) is 26.3 Å². The predicted octanol–water partition coefficient (Wildman–Crippen LogP) is 3.12. The monoisotopic (exact) mass is 404 g/mol. The van der Waals surface area contributed by atoms with Crippen molar-refractivity contribution in [3.05, 3.63) is 23.8 Å². The second-order valence-corrected chi connectivity index (χ2v) is 6.90. The minimum absolute atomic E-state index is 0. The van der Waals surface area contributed by atoms with Crippen molar-refractivity contribution in [1.29, 1.82) is 0 Å². The summed E-state index contributed by atoms with van der Waals surface area (Å²) in [6.45, 7) is -0.0297. The third-order valence-corrected chi connectivity index (χ3v) is 4.98. The number of nitrogens with one attached hydrogen (secondary N) is 1. The van der Waals surface area contributed by atoms with E-state index in [1.807, 2.05) is 0 Å². The van der Waals surface area contributed by atoms with Gasteiger partial charge in [0.2, 0.25) is 0 Å². The van der Waals surface area contributed by atoms with Crippen molar-refractivity contribution in [1.82, 2.24) is 5.32 Å². The Balaban J connectivity index is 0.00000210. The van der Waals surface area contributed by atoms with Gasteiger partial charge in [-0.2, -0.15) is 8.78 Å². The summed E-state index contributed by atoms with van der Waals surface area (Å²) in [5, 5.41) is 7.45. The molecule has 0 amide bonds. The molecular weight excluding hydrogens is 382 g/mol. The van der Waals surface area contributed by atoms with E-state index in [0.29, 0.717) is 25.4 Å². The molecule has 1 unspecified atom stereocenters. The summed E-state index contributed by atoms with van der Waals surface area (Å²) < 4.78 is 41.5. The van der Waals surface area contributed by atoms with Crippen LogP contribution >= 0.6 is 12.4 Å². The van der Waals surface area contributed by atoms with E-state index in [4.69, 9.17) is 14.3 Å². The fourth-order valence-corrected chi connectivity index (χ4v) is 3.54. The fraction of sp³-hybridized carbons (Fsp3) is 0.611. The fourth-order valence-electron chi connectivity index (χ4n) is 3.54. The third kappa shape index (κ3) is 4.62. The molecule has 3 aliphatic rings. The van der Waals surface area contributed by atoms with Gasteiger partial charge in [0.1, 0.15) is 6.10 Å². The third-order valence-electron chi connectivity index (χ3n) is 4.98. The van der Waals surface area contributed by atoms with Crippen LogP contribution < -0.4 is 14.8 Å². The molecule has 6 nitrogen and oxygen atoms in total. The van der Waals surface area contributed by atoms with Crippen molar-refractivity contribution in [3.63, 3.8) is 0 Å². The maximum atomic E-state index is 12.7. The Kier molecular flexibility index (Phi) is 6.39. The summed E-state index contributed by atoms with van der Waals surface area (Å²) >= 11 is 0. The lowest BCUT2D eigenvalue weighted by Gasteiger charge is -2.25. The Morgan fingerprint density at radius 1 is 1.22 bits per heavy atom. The second kappa shape index (κ2) is 8.58. The first-order valence-electron chi connectivity index (χ1n) is 8.93. The van der Waals surface area contributed by atoms with E-state index in [9.17, 15) is 8.78 Å². The van der Waals surface area contributed by atoms with Gasteiger partial charge in [0.15, 0.2) is 17.1 Å². The molecule has 0 bridgehead atoms. The SMILES string of the molecule is Cl.FC(F)Oc1ccc(C2=NOC3(CCOC3)C2)cc1OC1CCNCC1. The molecule has 4 rings (SSSR count). The van der Waals surface area contributed by atoms with E-state index in [-0.39, 0.29) is 29.9 Å². The molecule has 1 N–H and O–H groups in total. The van der Waals surface area contributed by atoms with Gasteiger partial charge in [-0.15, -0.1) is 12.4 Å². The number of alkyl halides is 2. The smallest absolute Gasteiger partial charge is 0.387 e. The van der Waals surface area contributed by atoms with Crippen LogP contribution in [0.3, 0.4) is 0 Å². The number of nitrogens with zero attached hydrogens (tertiary/aromatic N) is 1. The lowest BCUT2D eigenvalue weighted by molar-refractivity contribution is -0.0522. The van der Waals surface area contributed by atoms with Gasteiger partial charge in [-0.05, 0) is 44.1 Å². The Morgan fingerprint density at radius 2 is 2.04 bits per heavy atom. The first-order chi connectivity index (χ1) is 12.6. The highest BCUT2D eigenvalue weighted by Gasteiger charge is 2.43. The lowest BCUT2D eigenvalue weighted by Crippen LogP contribution is -2.34. The first-order valence-corrected chi connectivity index (χ1v) is 8.93. The summed E-state index contributed by atoms with van der Waals surface area (Å²) in [7, 11) is 0. The highest BCUT2D eigenvalue weighted by Crippen LogP contribution is 2.37. The Morgan fingerprint density at radius 3 is 2.74 bits per heavy atom. The summed E-state index contributed by atoms with van der Waals surface area (Å²) in [4.78, 5) is 5.62. The van der Waals surface area contributed by atoms with E-state index in [0.717, 1.165) is 43.6 Å². The van der Waals surface area contributed by atoms with Crippen LogP contribution in [0.5, 0.6) is 11.5 Å². The molecule has 0 radical (unpaired) electrons. The maximum absolute atomic E-state index is 12.7. The van der Waals surface area contributed by atoms with Crippen molar-refractivity contribution in [3.8, 4) is 11.5 Å². The molecule has 3 aliphatic heterocycles. The van der Waals surface area contributed by atoms with Crippen LogP contribution in [0.25, 0.3) is 0 Å². The molecule has 1 aromatic carbocycles.